The van der Waals surface area contributed by atoms with Gasteiger partial charge in [0.15, 0.2) is 0 Å². The highest BCUT2D eigenvalue weighted by Gasteiger charge is 2.22. The molecule has 0 fully saturated rings. The molecule has 0 aliphatic carbocycles. The highest BCUT2D eigenvalue weighted by Crippen LogP contribution is 2.20. The minimum atomic E-state index is -0.612. The maximum atomic E-state index is 12.1. The fraction of sp³-hybridized carbons (Fsp3) is 0.500. The molecule has 0 heterocycles. The van der Waals surface area contributed by atoms with Crippen molar-refractivity contribution in [1.29, 1.82) is 0 Å². The third-order valence-electron chi connectivity index (χ3n) is 2.18. The molecule has 0 aliphatic heterocycles. The molecule has 0 spiro atoms. The Morgan fingerprint density at radius 1 is 0.905 bits per heavy atom. The number of anilines is 1. The van der Waals surface area contributed by atoms with Crippen LogP contribution < -0.4 is 5.32 Å². The molecular formula is C16H23NO4. The number of hydrogen-bond acceptors (Lipinski definition) is 4. The van der Waals surface area contributed by atoms with Crippen LogP contribution in [0.1, 0.15) is 51.9 Å². The van der Waals surface area contributed by atoms with Crippen LogP contribution in [0.3, 0.4) is 0 Å². The first kappa shape index (κ1) is 17.0. The lowest BCUT2D eigenvalue weighted by Crippen LogP contribution is -2.28. The third kappa shape index (κ3) is 6.29. The van der Waals surface area contributed by atoms with Gasteiger partial charge in [-0.15, -0.1) is 0 Å². The highest BCUT2D eigenvalue weighted by atomic mass is 16.6. The molecule has 1 amide bonds. The Hall–Kier alpha value is -2.04. The Bertz CT molecular complexity index is 524. The van der Waals surface area contributed by atoms with E-state index in [9.17, 15) is 9.59 Å². The maximum Gasteiger partial charge on any atom is 0.412 e. The summed E-state index contributed by atoms with van der Waals surface area (Å²) in [4.78, 5) is 23.9. The molecule has 0 saturated carbocycles. The van der Waals surface area contributed by atoms with Gasteiger partial charge in [0.1, 0.15) is 11.2 Å². The van der Waals surface area contributed by atoms with Crippen LogP contribution in [0.25, 0.3) is 0 Å². The zero-order chi connectivity index (χ0) is 16.3. The largest absolute Gasteiger partial charge is 0.456 e. The lowest BCUT2D eigenvalue weighted by Gasteiger charge is -2.22. The number of para-hydroxylation sites is 1. The number of hydrogen-bond donors (Lipinski definition) is 1. The number of amides is 1. The monoisotopic (exact) mass is 293 g/mol. The summed E-state index contributed by atoms with van der Waals surface area (Å²) in [6, 6.07) is 6.66. The summed E-state index contributed by atoms with van der Waals surface area (Å²) in [7, 11) is 0. The van der Waals surface area contributed by atoms with Gasteiger partial charge in [-0.3, -0.25) is 5.32 Å². The topological polar surface area (TPSA) is 64.6 Å². The van der Waals surface area contributed by atoms with E-state index in [0.717, 1.165) is 0 Å². The van der Waals surface area contributed by atoms with Crippen LogP contribution in [-0.2, 0) is 9.47 Å². The molecule has 1 aromatic rings. The zero-order valence-corrected chi connectivity index (χ0v) is 13.4. The molecule has 0 aliphatic rings. The summed E-state index contributed by atoms with van der Waals surface area (Å²) in [5.74, 6) is -0.492. The van der Waals surface area contributed by atoms with Gasteiger partial charge in [0.2, 0.25) is 0 Å². The standard InChI is InChI=1S/C16H23NO4/c1-15(2,3)20-13(18)11-9-7-8-10-12(11)17-14(19)21-16(4,5)6/h7-10H,1-6H3,(H,17,19). The van der Waals surface area contributed by atoms with E-state index >= 15 is 0 Å². The Morgan fingerprint density at radius 3 is 1.95 bits per heavy atom. The maximum absolute atomic E-state index is 12.1. The summed E-state index contributed by atoms with van der Waals surface area (Å²) >= 11 is 0. The van der Waals surface area contributed by atoms with E-state index < -0.39 is 23.3 Å². The fourth-order valence-corrected chi connectivity index (χ4v) is 1.52. The predicted octanol–water partition coefficient (Wildman–Crippen LogP) is 3.99. The summed E-state index contributed by atoms with van der Waals surface area (Å²) in [5.41, 5.74) is -0.555. The molecular weight excluding hydrogens is 270 g/mol. The first-order chi connectivity index (χ1) is 9.48. The molecule has 0 radical (unpaired) electrons. The second-order valence-electron chi connectivity index (χ2n) is 6.67. The Kier molecular flexibility index (Phi) is 4.99. The molecule has 5 heteroatoms. The number of ether oxygens (including phenoxy) is 2. The van der Waals surface area contributed by atoms with Crippen LogP contribution in [-0.4, -0.2) is 23.3 Å². The van der Waals surface area contributed by atoms with Crippen LogP contribution in [0.2, 0.25) is 0 Å². The molecule has 0 unspecified atom stereocenters. The molecule has 5 nitrogen and oxygen atoms in total. The zero-order valence-electron chi connectivity index (χ0n) is 13.4. The molecule has 1 aromatic carbocycles. The molecule has 0 atom stereocenters. The second-order valence-corrected chi connectivity index (χ2v) is 6.67. The van der Waals surface area contributed by atoms with Crippen LogP contribution >= 0.6 is 0 Å². The van der Waals surface area contributed by atoms with E-state index in [4.69, 9.17) is 9.47 Å². The Balaban J connectivity index is 2.90. The van der Waals surface area contributed by atoms with E-state index in [-0.39, 0.29) is 0 Å². The summed E-state index contributed by atoms with van der Waals surface area (Å²) < 4.78 is 10.5. The second kappa shape index (κ2) is 6.16. The van der Waals surface area contributed by atoms with E-state index in [1.807, 2.05) is 0 Å². The van der Waals surface area contributed by atoms with Crippen molar-refractivity contribution in [2.24, 2.45) is 0 Å². The van der Waals surface area contributed by atoms with Crippen LogP contribution in [0, 0.1) is 0 Å². The van der Waals surface area contributed by atoms with Crippen LogP contribution in [0.5, 0.6) is 0 Å². The van der Waals surface area contributed by atoms with E-state index in [2.05, 4.69) is 5.32 Å². The smallest absolute Gasteiger partial charge is 0.412 e. The fourth-order valence-electron chi connectivity index (χ4n) is 1.52. The average Bonchev–Trinajstić information content (AvgIpc) is 2.24. The normalized spacial score (nSPS) is 11.7. The highest BCUT2D eigenvalue weighted by molar-refractivity contribution is 5.99. The Morgan fingerprint density at radius 2 is 1.43 bits per heavy atom. The number of nitrogens with one attached hydrogen (secondary N) is 1. The Labute approximate surface area is 125 Å². The van der Waals surface area contributed by atoms with Gasteiger partial charge in [0.25, 0.3) is 0 Å². The first-order valence-corrected chi connectivity index (χ1v) is 6.80. The van der Waals surface area contributed by atoms with E-state index in [1.54, 1.807) is 65.8 Å². The summed E-state index contributed by atoms with van der Waals surface area (Å²) in [6.45, 7) is 10.7. The van der Waals surface area contributed by atoms with Gasteiger partial charge in [-0.2, -0.15) is 0 Å². The lowest BCUT2D eigenvalue weighted by atomic mass is 10.1. The van der Waals surface area contributed by atoms with E-state index in [0.29, 0.717) is 11.3 Å². The number of rotatable bonds is 2. The molecule has 0 bridgehead atoms. The quantitative estimate of drug-likeness (QED) is 0.837. The minimum absolute atomic E-state index is 0.290. The van der Waals surface area contributed by atoms with Crippen molar-refractivity contribution in [2.45, 2.75) is 52.7 Å². The number of esters is 1. The van der Waals surface area contributed by atoms with Gasteiger partial charge in [-0.05, 0) is 53.7 Å². The van der Waals surface area contributed by atoms with Crippen LogP contribution in [0.15, 0.2) is 24.3 Å². The number of carbonyl (C=O) groups is 2. The number of benzene rings is 1. The van der Waals surface area contributed by atoms with Gasteiger partial charge in [0.05, 0.1) is 11.3 Å². The van der Waals surface area contributed by atoms with Gasteiger partial charge in [-0.1, -0.05) is 12.1 Å². The average molecular weight is 293 g/mol. The van der Waals surface area contributed by atoms with Crippen molar-refractivity contribution < 1.29 is 19.1 Å². The van der Waals surface area contributed by atoms with Crippen molar-refractivity contribution in [3.05, 3.63) is 29.8 Å². The van der Waals surface area contributed by atoms with Gasteiger partial charge < -0.3 is 9.47 Å². The molecule has 116 valence electrons. The minimum Gasteiger partial charge on any atom is -0.456 e. The van der Waals surface area contributed by atoms with Crippen molar-refractivity contribution in [3.8, 4) is 0 Å². The third-order valence-corrected chi connectivity index (χ3v) is 2.18. The SMILES string of the molecule is CC(C)(C)OC(=O)Nc1ccccc1C(=O)OC(C)(C)C. The van der Waals surface area contributed by atoms with Crippen molar-refractivity contribution in [2.75, 3.05) is 5.32 Å². The van der Waals surface area contributed by atoms with Gasteiger partial charge in [0, 0.05) is 0 Å². The summed E-state index contributed by atoms with van der Waals surface area (Å²) in [6.07, 6.45) is -0.612. The molecule has 1 rings (SSSR count). The predicted molar refractivity (Wildman–Crippen MR) is 81.5 cm³/mol. The molecule has 1 N–H and O–H groups in total. The van der Waals surface area contributed by atoms with Gasteiger partial charge in [-0.25, -0.2) is 9.59 Å². The van der Waals surface area contributed by atoms with E-state index in [1.165, 1.54) is 0 Å². The molecule has 21 heavy (non-hydrogen) atoms. The first-order valence-electron chi connectivity index (χ1n) is 6.80. The van der Waals surface area contributed by atoms with Crippen molar-refractivity contribution in [3.63, 3.8) is 0 Å². The van der Waals surface area contributed by atoms with Crippen molar-refractivity contribution >= 4 is 17.7 Å². The molecule has 0 saturated heterocycles. The van der Waals surface area contributed by atoms with Crippen LogP contribution in [0.4, 0.5) is 10.5 Å². The van der Waals surface area contributed by atoms with Gasteiger partial charge >= 0.3 is 12.1 Å². The molecule has 0 aromatic heterocycles. The van der Waals surface area contributed by atoms with Crippen molar-refractivity contribution in [1.82, 2.24) is 0 Å². The summed E-state index contributed by atoms with van der Waals surface area (Å²) in [5, 5.41) is 2.57. The lowest BCUT2D eigenvalue weighted by molar-refractivity contribution is 0.00708. The number of carbonyl (C=O) groups excluding carboxylic acids is 2.